The third-order valence-corrected chi connectivity index (χ3v) is 1.78. The quantitative estimate of drug-likeness (QED) is 0.576. The molecule has 72 valence electrons. The molecule has 0 rings (SSSR count). The summed E-state index contributed by atoms with van der Waals surface area (Å²) in [4.78, 5) is 0. The van der Waals surface area contributed by atoms with Gasteiger partial charge < -0.3 is 11.1 Å². The van der Waals surface area contributed by atoms with E-state index in [1.54, 1.807) is 0 Å². The van der Waals surface area contributed by atoms with Crippen LogP contribution >= 0.6 is 0 Å². The number of allylic oxidation sites excluding steroid dienone is 1. The third kappa shape index (κ3) is 7.45. The van der Waals surface area contributed by atoms with Crippen LogP contribution < -0.4 is 11.1 Å². The summed E-state index contributed by atoms with van der Waals surface area (Å²) in [5, 5.41) is 3.18. The SMILES string of the molecule is CCC=C(N)NCCCCCC. The highest BCUT2D eigenvalue weighted by atomic mass is 15.0. The summed E-state index contributed by atoms with van der Waals surface area (Å²) < 4.78 is 0. The second-order valence-corrected chi connectivity index (χ2v) is 3.06. The molecule has 0 heterocycles. The lowest BCUT2D eigenvalue weighted by molar-refractivity contribution is 0.632. The summed E-state index contributed by atoms with van der Waals surface area (Å²) in [6.45, 7) is 5.33. The maximum Gasteiger partial charge on any atom is 0.0918 e. The molecule has 0 aromatic carbocycles. The molecule has 3 N–H and O–H groups in total. The van der Waals surface area contributed by atoms with Crippen LogP contribution in [0.2, 0.25) is 0 Å². The average molecular weight is 170 g/mol. The average Bonchev–Trinajstić information content (AvgIpc) is 2.05. The number of nitrogens with two attached hydrogens (primary N) is 1. The van der Waals surface area contributed by atoms with Gasteiger partial charge in [-0.2, -0.15) is 0 Å². The van der Waals surface area contributed by atoms with Crippen molar-refractivity contribution in [3.8, 4) is 0 Å². The van der Waals surface area contributed by atoms with Crippen molar-refractivity contribution < 1.29 is 0 Å². The fourth-order valence-corrected chi connectivity index (χ4v) is 1.08. The van der Waals surface area contributed by atoms with Crippen LogP contribution in [0.15, 0.2) is 11.9 Å². The van der Waals surface area contributed by atoms with E-state index in [1.165, 1.54) is 25.7 Å². The maximum atomic E-state index is 5.65. The molecule has 0 saturated carbocycles. The van der Waals surface area contributed by atoms with E-state index in [1.807, 2.05) is 6.08 Å². The highest BCUT2D eigenvalue weighted by Gasteiger charge is 1.88. The summed E-state index contributed by atoms with van der Waals surface area (Å²) in [5.41, 5.74) is 5.65. The Balaban J connectivity index is 3.14. The van der Waals surface area contributed by atoms with Crippen LogP contribution in [-0.2, 0) is 0 Å². The van der Waals surface area contributed by atoms with Crippen molar-refractivity contribution in [1.29, 1.82) is 0 Å². The molecule has 0 aliphatic heterocycles. The summed E-state index contributed by atoms with van der Waals surface area (Å²) in [6, 6.07) is 0. The minimum Gasteiger partial charge on any atom is -0.386 e. The van der Waals surface area contributed by atoms with Gasteiger partial charge in [0.05, 0.1) is 5.82 Å². The Morgan fingerprint density at radius 3 is 2.58 bits per heavy atom. The van der Waals surface area contributed by atoms with E-state index in [-0.39, 0.29) is 0 Å². The van der Waals surface area contributed by atoms with Crippen LogP contribution in [0.5, 0.6) is 0 Å². The number of unbranched alkanes of at least 4 members (excludes halogenated alkanes) is 3. The molecule has 0 aromatic heterocycles. The maximum absolute atomic E-state index is 5.65. The molecule has 0 spiro atoms. The molecule has 0 aliphatic carbocycles. The minimum atomic E-state index is 0.828. The molecule has 0 atom stereocenters. The number of nitrogens with one attached hydrogen (secondary N) is 1. The molecule has 0 saturated heterocycles. The summed E-state index contributed by atoms with van der Waals surface area (Å²) in [7, 11) is 0. The van der Waals surface area contributed by atoms with Crippen LogP contribution in [0.25, 0.3) is 0 Å². The summed E-state index contributed by atoms with van der Waals surface area (Å²) in [5.74, 6) is 0.828. The zero-order valence-corrected chi connectivity index (χ0v) is 8.40. The van der Waals surface area contributed by atoms with Gasteiger partial charge in [-0.1, -0.05) is 33.1 Å². The second kappa shape index (κ2) is 8.44. The molecule has 0 bridgehead atoms. The molecule has 2 nitrogen and oxygen atoms in total. The topological polar surface area (TPSA) is 38.0 Å². The first-order valence-electron chi connectivity index (χ1n) is 5.00. The van der Waals surface area contributed by atoms with E-state index in [0.29, 0.717) is 0 Å². The second-order valence-electron chi connectivity index (χ2n) is 3.06. The third-order valence-electron chi connectivity index (χ3n) is 1.78. The molecule has 0 unspecified atom stereocenters. The smallest absolute Gasteiger partial charge is 0.0918 e. The molecule has 0 aromatic rings. The van der Waals surface area contributed by atoms with Crippen molar-refractivity contribution in [2.45, 2.75) is 46.0 Å². The fourth-order valence-electron chi connectivity index (χ4n) is 1.08. The van der Waals surface area contributed by atoms with Gasteiger partial charge in [0.2, 0.25) is 0 Å². The van der Waals surface area contributed by atoms with Gasteiger partial charge in [-0.15, -0.1) is 0 Å². The molecule has 12 heavy (non-hydrogen) atoms. The molecule has 0 amide bonds. The van der Waals surface area contributed by atoms with Crippen molar-refractivity contribution >= 4 is 0 Å². The lowest BCUT2D eigenvalue weighted by Crippen LogP contribution is -2.20. The van der Waals surface area contributed by atoms with Gasteiger partial charge in [0.25, 0.3) is 0 Å². The highest BCUT2D eigenvalue weighted by Crippen LogP contribution is 1.97. The van der Waals surface area contributed by atoms with Crippen LogP contribution in [-0.4, -0.2) is 6.54 Å². The molecule has 0 aliphatic rings. The van der Waals surface area contributed by atoms with Crippen LogP contribution in [0, 0.1) is 0 Å². The Hall–Kier alpha value is -0.660. The molecular weight excluding hydrogens is 148 g/mol. The summed E-state index contributed by atoms with van der Waals surface area (Å²) in [6.07, 6.45) is 8.18. The normalized spacial score (nSPS) is 11.7. The first kappa shape index (κ1) is 11.3. The lowest BCUT2D eigenvalue weighted by atomic mass is 10.2. The Morgan fingerprint density at radius 1 is 1.25 bits per heavy atom. The Kier molecular flexibility index (Phi) is 7.97. The number of rotatable bonds is 7. The van der Waals surface area contributed by atoms with E-state index in [9.17, 15) is 0 Å². The van der Waals surface area contributed by atoms with Crippen molar-refractivity contribution in [2.24, 2.45) is 5.73 Å². The van der Waals surface area contributed by atoms with Crippen LogP contribution in [0.3, 0.4) is 0 Å². The molecular formula is C10H22N2. The van der Waals surface area contributed by atoms with Gasteiger partial charge >= 0.3 is 0 Å². The number of hydrogen-bond donors (Lipinski definition) is 2. The van der Waals surface area contributed by atoms with Crippen molar-refractivity contribution in [2.75, 3.05) is 6.54 Å². The Morgan fingerprint density at radius 2 is 2.00 bits per heavy atom. The predicted octanol–water partition coefficient (Wildman–Crippen LogP) is 2.37. The van der Waals surface area contributed by atoms with Crippen molar-refractivity contribution in [3.63, 3.8) is 0 Å². The number of hydrogen-bond acceptors (Lipinski definition) is 2. The minimum absolute atomic E-state index is 0.828. The lowest BCUT2D eigenvalue weighted by Gasteiger charge is -2.05. The van der Waals surface area contributed by atoms with E-state index in [4.69, 9.17) is 5.73 Å². The first-order chi connectivity index (χ1) is 5.81. The van der Waals surface area contributed by atoms with Gasteiger partial charge in [-0.3, -0.25) is 0 Å². The standard InChI is InChI=1S/C10H22N2/c1-3-5-6-7-9-12-10(11)8-4-2/h8,12H,3-7,9,11H2,1-2H3. The highest BCUT2D eigenvalue weighted by molar-refractivity contribution is 4.92. The Labute approximate surface area is 76.2 Å². The molecule has 0 fully saturated rings. The molecule has 0 radical (unpaired) electrons. The molecule has 2 heteroatoms. The van der Waals surface area contributed by atoms with Gasteiger partial charge in [-0.25, -0.2) is 0 Å². The van der Waals surface area contributed by atoms with Crippen LogP contribution in [0.4, 0.5) is 0 Å². The Bertz CT molecular complexity index is 119. The monoisotopic (exact) mass is 170 g/mol. The largest absolute Gasteiger partial charge is 0.386 e. The van der Waals surface area contributed by atoms with Crippen molar-refractivity contribution in [3.05, 3.63) is 11.9 Å². The first-order valence-corrected chi connectivity index (χ1v) is 5.00. The van der Waals surface area contributed by atoms with Gasteiger partial charge in [0, 0.05) is 6.54 Å². The zero-order valence-electron chi connectivity index (χ0n) is 8.40. The van der Waals surface area contributed by atoms with Crippen molar-refractivity contribution in [1.82, 2.24) is 5.32 Å². The van der Waals surface area contributed by atoms with Gasteiger partial charge in [0.15, 0.2) is 0 Å². The van der Waals surface area contributed by atoms with E-state index in [0.717, 1.165) is 18.8 Å². The van der Waals surface area contributed by atoms with Crippen LogP contribution in [0.1, 0.15) is 46.0 Å². The summed E-state index contributed by atoms with van der Waals surface area (Å²) >= 11 is 0. The van der Waals surface area contributed by atoms with E-state index >= 15 is 0 Å². The van der Waals surface area contributed by atoms with E-state index in [2.05, 4.69) is 19.2 Å². The fraction of sp³-hybridized carbons (Fsp3) is 0.800. The van der Waals surface area contributed by atoms with Gasteiger partial charge in [-0.05, 0) is 18.9 Å². The van der Waals surface area contributed by atoms with E-state index < -0.39 is 0 Å². The van der Waals surface area contributed by atoms with Gasteiger partial charge in [0.1, 0.15) is 0 Å². The predicted molar refractivity (Wildman–Crippen MR) is 54.7 cm³/mol. The zero-order chi connectivity index (χ0) is 9.23.